The highest BCUT2D eigenvalue weighted by Crippen LogP contribution is 2.16. The van der Waals surface area contributed by atoms with Gasteiger partial charge < -0.3 is 20.1 Å². The van der Waals surface area contributed by atoms with Crippen LogP contribution in [0.25, 0.3) is 0 Å². The highest BCUT2D eigenvalue weighted by molar-refractivity contribution is 7.11. The number of hydrogen-bond donors (Lipinski definition) is 2. The molecule has 2 rings (SSSR count). The van der Waals surface area contributed by atoms with E-state index in [0.29, 0.717) is 13.1 Å². The summed E-state index contributed by atoms with van der Waals surface area (Å²) >= 11 is 1.72. The number of nitrogens with one attached hydrogen (secondary N) is 2. The number of aryl methyl sites for hydroxylation is 2. The number of methoxy groups -OCH3 is 1. The van der Waals surface area contributed by atoms with Gasteiger partial charge in [-0.05, 0) is 44.9 Å². The zero-order chi connectivity index (χ0) is 19.5. The monoisotopic (exact) mass is 390 g/mol. The van der Waals surface area contributed by atoms with Gasteiger partial charge in [-0.3, -0.25) is 0 Å². The molecule has 148 valence electrons. The van der Waals surface area contributed by atoms with Crippen molar-refractivity contribution in [3.63, 3.8) is 0 Å². The van der Waals surface area contributed by atoms with Crippen LogP contribution in [0.2, 0.25) is 0 Å². The standard InChI is InChI=1S/C20H30N4O2S/c1-5-26-12-6-11-21-20(23-14-19-24-15(2)16(3)27-19)22-13-17-7-9-18(25-4)10-8-17/h7-10H,5-6,11-14H2,1-4H3,(H2,21,22,23). The Morgan fingerprint density at radius 3 is 2.59 bits per heavy atom. The van der Waals surface area contributed by atoms with Gasteiger partial charge in [-0.25, -0.2) is 9.98 Å². The summed E-state index contributed by atoms with van der Waals surface area (Å²) in [6.07, 6.45) is 0.937. The summed E-state index contributed by atoms with van der Waals surface area (Å²) in [5.41, 5.74) is 2.23. The van der Waals surface area contributed by atoms with E-state index >= 15 is 0 Å². The Kier molecular flexibility index (Phi) is 9.07. The normalized spacial score (nSPS) is 11.5. The van der Waals surface area contributed by atoms with Gasteiger partial charge in [0.1, 0.15) is 10.8 Å². The van der Waals surface area contributed by atoms with E-state index in [-0.39, 0.29) is 0 Å². The predicted molar refractivity (Wildman–Crippen MR) is 112 cm³/mol. The fourth-order valence-electron chi connectivity index (χ4n) is 2.38. The van der Waals surface area contributed by atoms with E-state index < -0.39 is 0 Å². The fourth-order valence-corrected chi connectivity index (χ4v) is 3.25. The molecule has 2 aromatic rings. The first-order chi connectivity index (χ1) is 13.1. The van der Waals surface area contributed by atoms with E-state index in [2.05, 4.69) is 22.5 Å². The van der Waals surface area contributed by atoms with E-state index in [4.69, 9.17) is 14.5 Å². The number of nitrogens with zero attached hydrogens (tertiary/aromatic N) is 2. The Hall–Kier alpha value is -2.12. The Bertz CT molecular complexity index is 694. The van der Waals surface area contributed by atoms with Crippen molar-refractivity contribution >= 4 is 17.3 Å². The lowest BCUT2D eigenvalue weighted by Gasteiger charge is -2.12. The molecule has 0 saturated carbocycles. The Morgan fingerprint density at radius 2 is 1.96 bits per heavy atom. The van der Waals surface area contributed by atoms with Crippen LogP contribution in [0.3, 0.4) is 0 Å². The van der Waals surface area contributed by atoms with Crippen LogP contribution >= 0.6 is 11.3 Å². The van der Waals surface area contributed by atoms with Gasteiger partial charge in [0.2, 0.25) is 0 Å². The van der Waals surface area contributed by atoms with Crippen molar-refractivity contribution in [2.24, 2.45) is 4.99 Å². The zero-order valence-electron chi connectivity index (χ0n) is 16.7. The molecule has 0 aliphatic carbocycles. The number of ether oxygens (including phenoxy) is 2. The second-order valence-corrected chi connectivity index (χ2v) is 7.38. The van der Waals surface area contributed by atoms with E-state index in [1.807, 2.05) is 38.1 Å². The van der Waals surface area contributed by atoms with Crippen LogP contribution in [0.4, 0.5) is 0 Å². The number of aliphatic imine (C=N–C) groups is 1. The van der Waals surface area contributed by atoms with Crippen molar-refractivity contribution in [3.05, 3.63) is 45.4 Å². The number of thiazole rings is 1. The van der Waals surface area contributed by atoms with E-state index in [1.54, 1.807) is 18.4 Å². The maximum Gasteiger partial charge on any atom is 0.191 e. The molecule has 0 saturated heterocycles. The van der Waals surface area contributed by atoms with Gasteiger partial charge >= 0.3 is 0 Å². The summed E-state index contributed by atoms with van der Waals surface area (Å²) in [4.78, 5) is 10.5. The van der Waals surface area contributed by atoms with Crippen molar-refractivity contribution in [1.29, 1.82) is 0 Å². The van der Waals surface area contributed by atoms with Crippen LogP contribution in [-0.4, -0.2) is 37.8 Å². The van der Waals surface area contributed by atoms with Crippen LogP contribution in [0, 0.1) is 13.8 Å². The highest BCUT2D eigenvalue weighted by atomic mass is 32.1. The minimum atomic E-state index is 0.598. The molecular formula is C20H30N4O2S. The van der Waals surface area contributed by atoms with Crippen molar-refractivity contribution in [2.75, 3.05) is 26.9 Å². The molecule has 1 aromatic heterocycles. The smallest absolute Gasteiger partial charge is 0.191 e. The first kappa shape index (κ1) is 21.2. The number of hydrogen-bond acceptors (Lipinski definition) is 5. The molecule has 0 atom stereocenters. The second-order valence-electron chi connectivity index (χ2n) is 6.09. The molecule has 0 aliphatic rings. The summed E-state index contributed by atoms with van der Waals surface area (Å²) in [7, 11) is 1.67. The van der Waals surface area contributed by atoms with Crippen LogP contribution in [0.5, 0.6) is 5.75 Å². The molecule has 1 heterocycles. The van der Waals surface area contributed by atoms with Crippen LogP contribution in [0.1, 0.15) is 34.5 Å². The summed E-state index contributed by atoms with van der Waals surface area (Å²) in [5, 5.41) is 7.82. The average Bonchev–Trinajstić information content (AvgIpc) is 3.01. The molecule has 1 aromatic carbocycles. The molecule has 0 fully saturated rings. The van der Waals surface area contributed by atoms with Gasteiger partial charge in [-0.2, -0.15) is 0 Å². The molecule has 7 heteroatoms. The molecule has 0 spiro atoms. The van der Waals surface area contributed by atoms with Gasteiger partial charge in [-0.1, -0.05) is 12.1 Å². The third kappa shape index (κ3) is 7.56. The Balaban J connectivity index is 1.93. The molecular weight excluding hydrogens is 360 g/mol. The van der Waals surface area contributed by atoms with Crippen molar-refractivity contribution in [2.45, 2.75) is 40.3 Å². The van der Waals surface area contributed by atoms with Gasteiger partial charge in [-0.15, -0.1) is 11.3 Å². The molecule has 0 bridgehead atoms. The van der Waals surface area contributed by atoms with E-state index in [0.717, 1.165) is 54.2 Å². The summed E-state index contributed by atoms with van der Waals surface area (Å²) < 4.78 is 10.6. The first-order valence-corrected chi connectivity index (χ1v) is 10.1. The second kappa shape index (κ2) is 11.6. The molecule has 2 N–H and O–H groups in total. The van der Waals surface area contributed by atoms with Crippen molar-refractivity contribution in [3.8, 4) is 5.75 Å². The molecule has 0 aliphatic heterocycles. The summed E-state index contributed by atoms with van der Waals surface area (Å²) in [6.45, 7) is 9.72. The lowest BCUT2D eigenvalue weighted by molar-refractivity contribution is 0.145. The first-order valence-electron chi connectivity index (χ1n) is 9.28. The fraction of sp³-hybridized carbons (Fsp3) is 0.500. The largest absolute Gasteiger partial charge is 0.497 e. The maximum atomic E-state index is 5.39. The lowest BCUT2D eigenvalue weighted by atomic mass is 10.2. The third-order valence-electron chi connectivity index (χ3n) is 4.02. The maximum absolute atomic E-state index is 5.39. The zero-order valence-corrected chi connectivity index (χ0v) is 17.5. The minimum absolute atomic E-state index is 0.598. The van der Waals surface area contributed by atoms with Gasteiger partial charge in [0.15, 0.2) is 5.96 Å². The van der Waals surface area contributed by atoms with Crippen LogP contribution < -0.4 is 15.4 Å². The SMILES string of the molecule is CCOCCCNC(=NCc1ccc(OC)cc1)NCc1nc(C)c(C)s1. The molecule has 6 nitrogen and oxygen atoms in total. The number of benzene rings is 1. The van der Waals surface area contributed by atoms with Crippen LogP contribution in [0.15, 0.2) is 29.3 Å². The molecule has 0 unspecified atom stereocenters. The number of rotatable bonds is 10. The number of guanidine groups is 1. The Labute approximate surface area is 166 Å². The quantitative estimate of drug-likeness (QED) is 0.370. The lowest BCUT2D eigenvalue weighted by Crippen LogP contribution is -2.37. The molecule has 0 radical (unpaired) electrons. The topological polar surface area (TPSA) is 67.8 Å². The highest BCUT2D eigenvalue weighted by Gasteiger charge is 2.05. The van der Waals surface area contributed by atoms with Crippen LogP contribution in [-0.2, 0) is 17.8 Å². The summed E-state index contributed by atoms with van der Waals surface area (Å²) in [6, 6.07) is 7.97. The average molecular weight is 391 g/mol. The van der Waals surface area contributed by atoms with E-state index in [1.165, 1.54) is 4.88 Å². The van der Waals surface area contributed by atoms with Gasteiger partial charge in [0.25, 0.3) is 0 Å². The van der Waals surface area contributed by atoms with E-state index in [9.17, 15) is 0 Å². The van der Waals surface area contributed by atoms with Crippen molar-refractivity contribution in [1.82, 2.24) is 15.6 Å². The third-order valence-corrected chi connectivity index (χ3v) is 5.09. The van der Waals surface area contributed by atoms with Crippen molar-refractivity contribution < 1.29 is 9.47 Å². The molecule has 0 amide bonds. The Morgan fingerprint density at radius 1 is 1.19 bits per heavy atom. The van der Waals surface area contributed by atoms with Gasteiger partial charge in [0, 0.05) is 24.6 Å². The number of aromatic nitrogens is 1. The minimum Gasteiger partial charge on any atom is -0.497 e. The van der Waals surface area contributed by atoms with Gasteiger partial charge in [0.05, 0.1) is 25.9 Å². The molecule has 27 heavy (non-hydrogen) atoms. The summed E-state index contributed by atoms with van der Waals surface area (Å²) in [5.74, 6) is 1.64. The predicted octanol–water partition coefficient (Wildman–Crippen LogP) is 3.43.